The van der Waals surface area contributed by atoms with E-state index < -0.39 is 0 Å². The van der Waals surface area contributed by atoms with E-state index in [-0.39, 0.29) is 5.82 Å². The number of hydrogen-bond acceptors (Lipinski definition) is 4. The molecule has 0 amide bonds. The van der Waals surface area contributed by atoms with E-state index in [0.29, 0.717) is 22.9 Å². The van der Waals surface area contributed by atoms with Crippen LogP contribution in [0, 0.1) is 10.6 Å². The Morgan fingerprint density at radius 3 is 2.70 bits per heavy atom. The molecule has 0 unspecified atom stereocenters. The summed E-state index contributed by atoms with van der Waals surface area (Å²) < 4.78 is 20.6. The zero-order valence-corrected chi connectivity index (χ0v) is 13.2. The molecule has 0 bridgehead atoms. The predicted molar refractivity (Wildman–Crippen MR) is 89.0 cm³/mol. The van der Waals surface area contributed by atoms with Gasteiger partial charge in [0.25, 0.3) is 0 Å². The first-order valence-electron chi connectivity index (χ1n) is 6.98. The molecule has 0 aliphatic carbocycles. The van der Waals surface area contributed by atoms with Gasteiger partial charge < -0.3 is 10.1 Å². The van der Waals surface area contributed by atoms with Crippen molar-refractivity contribution in [2.24, 2.45) is 0 Å². The minimum atomic E-state index is -0.271. The molecule has 118 valence electrons. The zero-order valence-electron chi connectivity index (χ0n) is 12.4. The number of nitrogens with one attached hydrogen (secondary N) is 2. The number of ether oxygens (including phenoxy) is 1. The summed E-state index contributed by atoms with van der Waals surface area (Å²) in [6.45, 7) is 0.427. The Labute approximate surface area is 137 Å². The topological polar surface area (TPSA) is 54.9 Å². The molecule has 23 heavy (non-hydrogen) atoms. The highest BCUT2D eigenvalue weighted by Crippen LogP contribution is 2.23. The lowest BCUT2D eigenvalue weighted by Gasteiger charge is -2.12. The van der Waals surface area contributed by atoms with E-state index in [4.69, 9.17) is 17.0 Å². The van der Waals surface area contributed by atoms with Crippen molar-refractivity contribution in [1.29, 1.82) is 0 Å². The Morgan fingerprint density at radius 2 is 1.96 bits per heavy atom. The monoisotopic (exact) mass is 330 g/mol. The number of halogens is 1. The molecular formula is C16H15FN4OS. The molecule has 0 aliphatic rings. The van der Waals surface area contributed by atoms with Crippen LogP contribution in [0.3, 0.4) is 0 Å². The lowest BCUT2D eigenvalue weighted by Crippen LogP contribution is -2.08. The van der Waals surface area contributed by atoms with E-state index in [9.17, 15) is 4.39 Å². The van der Waals surface area contributed by atoms with E-state index in [1.54, 1.807) is 19.2 Å². The summed E-state index contributed by atoms with van der Waals surface area (Å²) >= 11 is 5.32. The molecule has 0 aliphatic heterocycles. The van der Waals surface area contributed by atoms with Crippen LogP contribution in [0.4, 0.5) is 10.1 Å². The molecule has 0 spiro atoms. The maximum atomic E-state index is 12.9. The minimum absolute atomic E-state index is 0.271. The second-order valence-corrected chi connectivity index (χ2v) is 5.20. The third-order valence-corrected chi connectivity index (χ3v) is 3.64. The first-order chi connectivity index (χ1) is 11.2. The zero-order chi connectivity index (χ0) is 16.2. The number of aromatic amines is 1. The molecular weight excluding hydrogens is 315 g/mol. The van der Waals surface area contributed by atoms with Crippen molar-refractivity contribution in [2.45, 2.75) is 6.54 Å². The Kier molecular flexibility index (Phi) is 4.38. The van der Waals surface area contributed by atoms with Crippen LogP contribution in [0.2, 0.25) is 0 Å². The van der Waals surface area contributed by atoms with Crippen LogP contribution in [0.15, 0.2) is 48.5 Å². The highest BCUT2D eigenvalue weighted by atomic mass is 32.1. The van der Waals surface area contributed by atoms with Crippen molar-refractivity contribution in [3.05, 3.63) is 64.9 Å². The molecule has 0 radical (unpaired) electrons. The number of nitrogens with zero attached hydrogens (tertiary/aromatic N) is 2. The van der Waals surface area contributed by atoms with Gasteiger partial charge in [-0.1, -0.05) is 12.1 Å². The van der Waals surface area contributed by atoms with Crippen LogP contribution >= 0.6 is 12.2 Å². The quantitative estimate of drug-likeness (QED) is 0.701. The maximum Gasteiger partial charge on any atom is 0.200 e. The fourth-order valence-electron chi connectivity index (χ4n) is 2.26. The molecule has 1 heterocycles. The van der Waals surface area contributed by atoms with Gasteiger partial charge in [0.1, 0.15) is 11.6 Å². The van der Waals surface area contributed by atoms with Gasteiger partial charge in [-0.15, -0.1) is 0 Å². The number of H-pyrrole nitrogens is 1. The first kappa shape index (κ1) is 15.2. The second kappa shape index (κ2) is 6.62. The lowest BCUT2D eigenvalue weighted by atomic mass is 10.3. The van der Waals surface area contributed by atoms with Crippen LogP contribution < -0.4 is 10.1 Å². The fraction of sp³-hybridized carbons (Fsp3) is 0.125. The molecule has 3 rings (SSSR count). The summed E-state index contributed by atoms with van der Waals surface area (Å²) in [7, 11) is 1.61. The van der Waals surface area contributed by atoms with Crippen molar-refractivity contribution < 1.29 is 9.13 Å². The predicted octanol–water partition coefficient (Wildman–Crippen LogP) is 3.69. The van der Waals surface area contributed by atoms with E-state index in [1.807, 2.05) is 28.8 Å². The fourth-order valence-corrected chi connectivity index (χ4v) is 2.51. The number of hydrogen-bond donors (Lipinski definition) is 2. The average molecular weight is 330 g/mol. The third-order valence-electron chi connectivity index (χ3n) is 3.36. The van der Waals surface area contributed by atoms with Crippen molar-refractivity contribution >= 4 is 17.9 Å². The summed E-state index contributed by atoms with van der Waals surface area (Å²) in [6, 6.07) is 13.7. The summed E-state index contributed by atoms with van der Waals surface area (Å²) in [4.78, 5) is 0. The van der Waals surface area contributed by atoms with E-state index in [0.717, 1.165) is 11.4 Å². The summed E-state index contributed by atoms with van der Waals surface area (Å²) in [5.74, 6) is 1.13. The molecule has 5 nitrogen and oxygen atoms in total. The van der Waals surface area contributed by atoms with Crippen molar-refractivity contribution in [3.8, 4) is 11.4 Å². The first-order valence-corrected chi connectivity index (χ1v) is 7.39. The summed E-state index contributed by atoms with van der Waals surface area (Å²) in [6.07, 6.45) is 0. The molecule has 0 saturated carbocycles. The van der Waals surface area contributed by atoms with Gasteiger partial charge in [-0.2, -0.15) is 5.10 Å². The van der Waals surface area contributed by atoms with Crippen LogP contribution in [0.1, 0.15) is 5.82 Å². The third kappa shape index (κ3) is 3.24. The molecule has 3 aromatic rings. The van der Waals surface area contributed by atoms with Crippen molar-refractivity contribution in [3.63, 3.8) is 0 Å². The normalized spacial score (nSPS) is 10.5. The molecule has 0 fully saturated rings. The number of rotatable bonds is 5. The highest BCUT2D eigenvalue weighted by Gasteiger charge is 2.12. The van der Waals surface area contributed by atoms with Gasteiger partial charge in [0.05, 0.1) is 19.3 Å². The molecule has 7 heteroatoms. The van der Waals surface area contributed by atoms with Crippen molar-refractivity contribution in [1.82, 2.24) is 14.8 Å². The number of aromatic nitrogens is 3. The molecule has 1 aromatic heterocycles. The molecule has 0 atom stereocenters. The minimum Gasteiger partial charge on any atom is -0.495 e. The molecule has 2 aromatic carbocycles. The van der Waals surface area contributed by atoms with Gasteiger partial charge in [-0.3, -0.25) is 9.67 Å². The largest absolute Gasteiger partial charge is 0.495 e. The van der Waals surface area contributed by atoms with Crippen LogP contribution in [0.5, 0.6) is 5.75 Å². The summed E-state index contributed by atoms with van der Waals surface area (Å²) in [5, 5.41) is 10.2. The van der Waals surface area contributed by atoms with Gasteiger partial charge in [-0.05, 0) is 48.6 Å². The maximum absolute atomic E-state index is 12.9. The summed E-state index contributed by atoms with van der Waals surface area (Å²) in [5.41, 5.74) is 1.61. The molecule has 2 N–H and O–H groups in total. The van der Waals surface area contributed by atoms with Gasteiger partial charge in [0.15, 0.2) is 10.6 Å². The second-order valence-electron chi connectivity index (χ2n) is 4.81. The Hall–Kier alpha value is -2.67. The van der Waals surface area contributed by atoms with Gasteiger partial charge in [0, 0.05) is 5.69 Å². The SMILES string of the molecule is COc1ccccc1-n1c(CNc2ccc(F)cc2)n[nH]c1=S. The van der Waals surface area contributed by atoms with E-state index in [1.165, 1.54) is 12.1 Å². The Balaban J connectivity index is 1.90. The van der Waals surface area contributed by atoms with Gasteiger partial charge in [0.2, 0.25) is 0 Å². The van der Waals surface area contributed by atoms with Crippen LogP contribution in [0.25, 0.3) is 5.69 Å². The number of benzene rings is 2. The van der Waals surface area contributed by atoms with E-state index in [2.05, 4.69) is 15.5 Å². The van der Waals surface area contributed by atoms with Crippen molar-refractivity contribution in [2.75, 3.05) is 12.4 Å². The molecule has 0 saturated heterocycles. The standard InChI is InChI=1S/C16H15FN4OS/c1-22-14-5-3-2-4-13(14)21-15(19-20-16(21)23)10-18-12-8-6-11(17)7-9-12/h2-9,18H,10H2,1H3,(H,20,23). The highest BCUT2D eigenvalue weighted by molar-refractivity contribution is 7.71. The van der Waals surface area contributed by atoms with E-state index >= 15 is 0 Å². The Bertz CT molecular complexity index is 857. The van der Waals surface area contributed by atoms with Crippen LogP contribution in [-0.2, 0) is 6.54 Å². The number of methoxy groups -OCH3 is 1. The van der Waals surface area contributed by atoms with Gasteiger partial charge >= 0.3 is 0 Å². The number of anilines is 1. The lowest BCUT2D eigenvalue weighted by molar-refractivity contribution is 0.412. The van der Waals surface area contributed by atoms with Crippen LogP contribution in [-0.4, -0.2) is 21.9 Å². The average Bonchev–Trinajstić information content (AvgIpc) is 2.95. The van der Waals surface area contributed by atoms with Gasteiger partial charge in [-0.25, -0.2) is 4.39 Å². The smallest absolute Gasteiger partial charge is 0.200 e. The number of para-hydroxylation sites is 2. The Morgan fingerprint density at radius 1 is 1.22 bits per heavy atom.